The number of nitrogens with zero attached hydrogens (tertiary/aromatic N) is 1. The van der Waals surface area contributed by atoms with E-state index in [1.165, 1.54) is 16.4 Å². The van der Waals surface area contributed by atoms with E-state index in [4.69, 9.17) is 17.3 Å². The van der Waals surface area contributed by atoms with E-state index < -0.39 is 15.6 Å². The molecular weight excluding hydrogens is 314 g/mol. The second-order valence-corrected chi connectivity index (χ2v) is 7.78. The molecule has 0 unspecified atom stereocenters. The number of aryl methyl sites for hydroxylation is 1. The Morgan fingerprint density at radius 1 is 1.38 bits per heavy atom. The number of sulfonamides is 1. The number of carbonyl (C=O) groups is 1. The fraction of sp³-hybridized carbons (Fsp3) is 0.462. The minimum Gasteiger partial charge on any atom is -0.397 e. The van der Waals surface area contributed by atoms with E-state index in [2.05, 4.69) is 5.32 Å². The molecule has 1 heterocycles. The molecule has 2 rings (SSSR count). The maximum atomic E-state index is 12.8. The summed E-state index contributed by atoms with van der Waals surface area (Å²) in [5, 5.41) is 3.00. The average molecular weight is 332 g/mol. The number of halogens is 1. The van der Waals surface area contributed by atoms with Gasteiger partial charge in [0.25, 0.3) is 0 Å². The van der Waals surface area contributed by atoms with Gasteiger partial charge in [0.15, 0.2) is 0 Å². The molecule has 0 bridgehead atoms. The highest BCUT2D eigenvalue weighted by molar-refractivity contribution is 7.89. The van der Waals surface area contributed by atoms with Gasteiger partial charge in [0.05, 0.1) is 15.6 Å². The van der Waals surface area contributed by atoms with Crippen molar-refractivity contribution in [1.82, 2.24) is 9.62 Å². The predicted octanol–water partition coefficient (Wildman–Crippen LogP) is 1.13. The van der Waals surface area contributed by atoms with Crippen molar-refractivity contribution >= 4 is 33.2 Å². The van der Waals surface area contributed by atoms with Crippen molar-refractivity contribution in [3.8, 4) is 0 Å². The summed E-state index contributed by atoms with van der Waals surface area (Å²) in [4.78, 5) is 12.0. The lowest BCUT2D eigenvalue weighted by Crippen LogP contribution is -2.63. The Balaban J connectivity index is 2.54. The van der Waals surface area contributed by atoms with Gasteiger partial charge in [0, 0.05) is 13.1 Å². The molecule has 1 aliphatic heterocycles. The molecule has 1 aromatic carbocycles. The van der Waals surface area contributed by atoms with E-state index in [0.717, 1.165) is 0 Å². The molecule has 116 valence electrons. The van der Waals surface area contributed by atoms with E-state index in [1.807, 2.05) is 0 Å². The van der Waals surface area contributed by atoms with Crippen LogP contribution in [0.5, 0.6) is 0 Å². The lowest BCUT2D eigenvalue weighted by atomic mass is 10.0. The van der Waals surface area contributed by atoms with Crippen LogP contribution in [0.1, 0.15) is 19.4 Å². The predicted molar refractivity (Wildman–Crippen MR) is 81.6 cm³/mol. The van der Waals surface area contributed by atoms with Crippen molar-refractivity contribution in [2.24, 2.45) is 0 Å². The highest BCUT2D eigenvalue weighted by Gasteiger charge is 2.45. The van der Waals surface area contributed by atoms with Crippen molar-refractivity contribution in [1.29, 1.82) is 0 Å². The second kappa shape index (κ2) is 5.15. The maximum Gasteiger partial charge on any atom is 0.244 e. The van der Waals surface area contributed by atoms with Crippen LogP contribution in [0, 0.1) is 6.92 Å². The largest absolute Gasteiger partial charge is 0.397 e. The van der Waals surface area contributed by atoms with Crippen LogP contribution in [0.15, 0.2) is 17.0 Å². The first-order chi connectivity index (χ1) is 9.58. The standard InChI is InChI=1S/C13H18ClN3O3S/c1-8-6-9(7-10(15)11(8)14)21(19,20)17-5-4-16-12(18)13(17,2)3/h6-7H,4-5,15H2,1-3H3,(H,16,18). The van der Waals surface area contributed by atoms with Gasteiger partial charge in [-0.1, -0.05) is 11.6 Å². The third-order valence-electron chi connectivity index (χ3n) is 3.62. The van der Waals surface area contributed by atoms with Crippen molar-refractivity contribution in [3.05, 3.63) is 22.7 Å². The summed E-state index contributed by atoms with van der Waals surface area (Å²) in [6, 6.07) is 2.80. The first-order valence-corrected chi connectivity index (χ1v) is 8.27. The topological polar surface area (TPSA) is 92.5 Å². The summed E-state index contributed by atoms with van der Waals surface area (Å²) in [6.07, 6.45) is 0. The number of nitrogens with one attached hydrogen (secondary N) is 1. The van der Waals surface area contributed by atoms with Gasteiger partial charge in [-0.25, -0.2) is 8.42 Å². The molecule has 0 saturated carbocycles. The van der Waals surface area contributed by atoms with Crippen LogP contribution in [0.25, 0.3) is 0 Å². The van der Waals surface area contributed by atoms with Crippen LogP contribution in [0.4, 0.5) is 5.69 Å². The summed E-state index contributed by atoms with van der Waals surface area (Å²) in [6.45, 7) is 5.33. The summed E-state index contributed by atoms with van der Waals surface area (Å²) >= 11 is 5.97. The molecule has 0 radical (unpaired) electrons. The number of anilines is 1. The van der Waals surface area contributed by atoms with Gasteiger partial charge in [-0.2, -0.15) is 4.31 Å². The van der Waals surface area contributed by atoms with Gasteiger partial charge < -0.3 is 11.1 Å². The van der Waals surface area contributed by atoms with Crippen LogP contribution < -0.4 is 11.1 Å². The third-order valence-corrected chi connectivity index (χ3v) is 6.19. The van der Waals surface area contributed by atoms with Crippen molar-refractivity contribution in [2.75, 3.05) is 18.8 Å². The highest BCUT2D eigenvalue weighted by atomic mass is 35.5. The first kappa shape index (κ1) is 16.1. The average Bonchev–Trinajstić information content (AvgIpc) is 2.38. The number of amides is 1. The second-order valence-electron chi connectivity index (χ2n) is 5.54. The van der Waals surface area contributed by atoms with Crippen molar-refractivity contribution in [3.63, 3.8) is 0 Å². The molecule has 0 spiro atoms. The molecule has 0 atom stereocenters. The first-order valence-electron chi connectivity index (χ1n) is 6.45. The number of hydrogen-bond donors (Lipinski definition) is 2. The molecule has 8 heteroatoms. The van der Waals surface area contributed by atoms with Gasteiger partial charge in [-0.05, 0) is 38.5 Å². The van der Waals surface area contributed by atoms with E-state index in [1.54, 1.807) is 20.8 Å². The molecule has 1 aromatic rings. The van der Waals surface area contributed by atoms with E-state index >= 15 is 0 Å². The third kappa shape index (κ3) is 2.61. The molecule has 1 amide bonds. The fourth-order valence-electron chi connectivity index (χ4n) is 2.34. The molecule has 0 aliphatic carbocycles. The number of nitrogen functional groups attached to an aromatic ring is 1. The Kier molecular flexibility index (Phi) is 3.94. The zero-order chi connectivity index (χ0) is 16.0. The molecule has 21 heavy (non-hydrogen) atoms. The van der Waals surface area contributed by atoms with Gasteiger partial charge in [-0.3, -0.25) is 4.79 Å². The van der Waals surface area contributed by atoms with Gasteiger partial charge in [0.1, 0.15) is 5.54 Å². The van der Waals surface area contributed by atoms with Crippen LogP contribution in [-0.2, 0) is 14.8 Å². The Morgan fingerprint density at radius 2 is 2.00 bits per heavy atom. The molecule has 6 nitrogen and oxygen atoms in total. The lowest BCUT2D eigenvalue weighted by molar-refractivity contribution is -0.131. The minimum atomic E-state index is -3.83. The SMILES string of the molecule is Cc1cc(S(=O)(=O)N2CCNC(=O)C2(C)C)cc(N)c1Cl. The molecular formula is C13H18ClN3O3S. The summed E-state index contributed by atoms with van der Waals surface area (Å²) in [5.41, 5.74) is 5.38. The fourth-order valence-corrected chi connectivity index (χ4v) is 4.32. The number of hydrogen-bond acceptors (Lipinski definition) is 4. The smallest absolute Gasteiger partial charge is 0.244 e. The highest BCUT2D eigenvalue weighted by Crippen LogP contribution is 2.31. The van der Waals surface area contributed by atoms with Crippen molar-refractivity contribution < 1.29 is 13.2 Å². The molecule has 1 saturated heterocycles. The van der Waals surface area contributed by atoms with Crippen molar-refractivity contribution in [2.45, 2.75) is 31.2 Å². The van der Waals surface area contributed by atoms with Gasteiger partial charge >= 0.3 is 0 Å². The number of nitrogens with two attached hydrogens (primary N) is 1. The summed E-state index contributed by atoms with van der Waals surface area (Å²) < 4.78 is 26.8. The van der Waals surface area contributed by atoms with Gasteiger partial charge in [-0.15, -0.1) is 0 Å². The van der Waals surface area contributed by atoms with Crippen LogP contribution >= 0.6 is 11.6 Å². The maximum absolute atomic E-state index is 12.8. The van der Waals surface area contributed by atoms with E-state index in [-0.39, 0.29) is 29.6 Å². The minimum absolute atomic E-state index is 0.0460. The Morgan fingerprint density at radius 3 is 2.57 bits per heavy atom. The molecule has 1 aliphatic rings. The Hall–Kier alpha value is -1.31. The number of piperazine rings is 1. The van der Waals surface area contributed by atoms with E-state index in [0.29, 0.717) is 10.6 Å². The van der Waals surface area contributed by atoms with E-state index in [9.17, 15) is 13.2 Å². The zero-order valence-electron chi connectivity index (χ0n) is 12.1. The monoisotopic (exact) mass is 331 g/mol. The normalized spacial score (nSPS) is 19.3. The summed E-state index contributed by atoms with van der Waals surface area (Å²) in [5.74, 6) is -0.323. The van der Waals surface area contributed by atoms with Gasteiger partial charge in [0.2, 0.25) is 15.9 Å². The number of benzene rings is 1. The molecule has 1 fully saturated rings. The molecule has 3 N–H and O–H groups in total. The Labute approximate surface area is 129 Å². The van der Waals surface area contributed by atoms with Crippen LogP contribution in [-0.4, -0.2) is 37.3 Å². The quantitative estimate of drug-likeness (QED) is 0.794. The lowest BCUT2D eigenvalue weighted by Gasteiger charge is -2.39. The van der Waals surface area contributed by atoms with Crippen LogP contribution in [0.3, 0.4) is 0 Å². The zero-order valence-corrected chi connectivity index (χ0v) is 13.7. The van der Waals surface area contributed by atoms with Crippen LogP contribution in [0.2, 0.25) is 5.02 Å². The molecule has 0 aromatic heterocycles. The Bertz CT molecular complexity index is 678. The summed E-state index contributed by atoms with van der Waals surface area (Å²) in [7, 11) is -3.83. The number of carbonyl (C=O) groups excluding carboxylic acids is 1. The number of rotatable bonds is 2.